The van der Waals surface area contributed by atoms with Crippen LogP contribution in [0, 0.1) is 6.92 Å². The van der Waals surface area contributed by atoms with Crippen molar-refractivity contribution in [1.82, 2.24) is 13.5 Å². The predicted molar refractivity (Wildman–Crippen MR) is 143 cm³/mol. The van der Waals surface area contributed by atoms with Crippen LogP contribution >= 0.6 is 0 Å². The van der Waals surface area contributed by atoms with E-state index in [9.17, 15) is 26.4 Å². The van der Waals surface area contributed by atoms with Crippen molar-refractivity contribution in [3.63, 3.8) is 0 Å². The van der Waals surface area contributed by atoms with Crippen LogP contribution in [-0.2, 0) is 36.1 Å². The molecular weight excluding hydrogens is 527 g/mol. The standard InChI is InChI=1S/C29H24F3N3O3S/c1-19-8-12-23(13-9-19)39(37,38)35-25(21-14-15-33-26(16-21)29(30,31)32)17-24-22(18-34(2)28(36)27(24)35)11-10-20-6-4-3-5-7-20/h3-9,12-18H,10-11H2,1-2H3. The minimum absolute atomic E-state index is 0.0275. The van der Waals surface area contributed by atoms with Crippen LogP contribution in [0.25, 0.3) is 22.2 Å². The molecule has 5 aromatic rings. The van der Waals surface area contributed by atoms with E-state index < -0.39 is 27.5 Å². The van der Waals surface area contributed by atoms with Gasteiger partial charge in [0.1, 0.15) is 11.2 Å². The summed E-state index contributed by atoms with van der Waals surface area (Å²) in [5.41, 5.74) is 0.624. The number of hydrogen-bond donors (Lipinski definition) is 0. The van der Waals surface area contributed by atoms with Gasteiger partial charge in [0.15, 0.2) is 0 Å². The van der Waals surface area contributed by atoms with Gasteiger partial charge in [-0.05, 0) is 61.2 Å². The fraction of sp³-hybridized carbons (Fsp3) is 0.172. The Kier molecular flexibility index (Phi) is 6.67. The van der Waals surface area contributed by atoms with E-state index in [1.165, 1.54) is 35.9 Å². The molecule has 3 aromatic heterocycles. The summed E-state index contributed by atoms with van der Waals surface area (Å²) in [4.78, 5) is 16.8. The molecular formula is C29H24F3N3O3S. The molecule has 2 aromatic carbocycles. The number of alkyl halides is 3. The van der Waals surface area contributed by atoms with Gasteiger partial charge in [-0.1, -0.05) is 48.0 Å². The summed E-state index contributed by atoms with van der Waals surface area (Å²) in [6, 6.07) is 19.3. The highest BCUT2D eigenvalue weighted by Gasteiger charge is 2.34. The highest BCUT2D eigenvalue weighted by atomic mass is 32.2. The number of hydrogen-bond acceptors (Lipinski definition) is 4. The van der Waals surface area contributed by atoms with Crippen LogP contribution in [0.3, 0.4) is 0 Å². The Morgan fingerprint density at radius 1 is 0.923 bits per heavy atom. The molecule has 39 heavy (non-hydrogen) atoms. The second kappa shape index (κ2) is 9.85. The van der Waals surface area contributed by atoms with Crippen molar-refractivity contribution in [2.75, 3.05) is 0 Å². The zero-order valence-corrected chi connectivity index (χ0v) is 21.9. The molecule has 10 heteroatoms. The first-order valence-electron chi connectivity index (χ1n) is 12.1. The van der Waals surface area contributed by atoms with E-state index in [0.29, 0.717) is 23.8 Å². The number of aromatic nitrogens is 3. The molecule has 0 unspecified atom stereocenters. The quantitative estimate of drug-likeness (QED) is 0.269. The lowest BCUT2D eigenvalue weighted by atomic mass is 10.0. The van der Waals surface area contributed by atoms with Crippen molar-refractivity contribution >= 4 is 20.9 Å². The van der Waals surface area contributed by atoms with Gasteiger partial charge in [0.2, 0.25) is 0 Å². The summed E-state index contributed by atoms with van der Waals surface area (Å²) in [6.07, 6.45) is -1.01. The van der Waals surface area contributed by atoms with Gasteiger partial charge in [-0.3, -0.25) is 9.78 Å². The molecule has 0 fully saturated rings. The summed E-state index contributed by atoms with van der Waals surface area (Å²) in [6.45, 7) is 1.80. The van der Waals surface area contributed by atoms with Gasteiger partial charge in [-0.25, -0.2) is 12.4 Å². The average Bonchev–Trinajstić information content (AvgIpc) is 3.33. The number of benzene rings is 2. The molecule has 0 N–H and O–H groups in total. The second-order valence-electron chi connectivity index (χ2n) is 9.36. The number of fused-ring (bicyclic) bond motifs is 1. The van der Waals surface area contributed by atoms with Gasteiger partial charge in [-0.15, -0.1) is 0 Å². The van der Waals surface area contributed by atoms with E-state index >= 15 is 0 Å². The highest BCUT2D eigenvalue weighted by Crippen LogP contribution is 2.35. The number of halogens is 3. The Labute approximate surface area is 223 Å². The second-order valence-corrected chi connectivity index (χ2v) is 11.1. The Morgan fingerprint density at radius 2 is 1.62 bits per heavy atom. The summed E-state index contributed by atoms with van der Waals surface area (Å²) < 4.78 is 70.8. The van der Waals surface area contributed by atoms with Crippen LogP contribution in [0.1, 0.15) is 22.4 Å². The summed E-state index contributed by atoms with van der Waals surface area (Å²) in [5.74, 6) is 0. The molecule has 0 radical (unpaired) electrons. The molecule has 0 aliphatic heterocycles. The van der Waals surface area contributed by atoms with Crippen molar-refractivity contribution in [3.05, 3.63) is 118 Å². The maximum absolute atomic E-state index is 14.0. The topological polar surface area (TPSA) is 74.0 Å². The number of nitrogens with zero attached hydrogens (tertiary/aromatic N) is 3. The van der Waals surface area contributed by atoms with E-state index in [4.69, 9.17) is 0 Å². The van der Waals surface area contributed by atoms with Crippen LogP contribution in [0.4, 0.5) is 13.2 Å². The van der Waals surface area contributed by atoms with Crippen molar-refractivity contribution in [1.29, 1.82) is 0 Å². The minimum atomic E-state index is -4.74. The fourth-order valence-electron chi connectivity index (χ4n) is 4.60. The first kappa shape index (κ1) is 26.4. The van der Waals surface area contributed by atoms with Crippen LogP contribution in [0.15, 0.2) is 94.9 Å². The molecule has 0 saturated carbocycles. The third kappa shape index (κ3) is 4.99. The summed E-state index contributed by atoms with van der Waals surface area (Å²) >= 11 is 0. The molecule has 0 aliphatic rings. The Hall–Kier alpha value is -4.18. The highest BCUT2D eigenvalue weighted by molar-refractivity contribution is 7.90. The third-order valence-corrected chi connectivity index (χ3v) is 8.34. The smallest absolute Gasteiger partial charge is 0.316 e. The zero-order chi connectivity index (χ0) is 27.9. The van der Waals surface area contributed by atoms with E-state index in [1.807, 2.05) is 30.3 Å². The first-order chi connectivity index (χ1) is 18.5. The van der Waals surface area contributed by atoms with Crippen LogP contribution in [0.5, 0.6) is 0 Å². The maximum Gasteiger partial charge on any atom is 0.433 e. The summed E-state index contributed by atoms with van der Waals surface area (Å²) in [7, 11) is -2.86. The molecule has 6 nitrogen and oxygen atoms in total. The van der Waals surface area contributed by atoms with Crippen LogP contribution in [0.2, 0.25) is 0 Å². The molecule has 3 heterocycles. The fourth-order valence-corrected chi connectivity index (χ4v) is 6.13. The molecule has 5 rings (SSSR count). The van der Waals surface area contributed by atoms with E-state index in [-0.39, 0.29) is 21.7 Å². The number of rotatable bonds is 6. The van der Waals surface area contributed by atoms with Crippen molar-refractivity contribution < 1.29 is 21.6 Å². The van der Waals surface area contributed by atoms with Gasteiger partial charge in [0, 0.05) is 30.4 Å². The Bertz CT molecular complexity index is 1840. The molecule has 0 saturated heterocycles. The molecule has 0 aliphatic carbocycles. The van der Waals surface area contributed by atoms with Gasteiger partial charge in [0.25, 0.3) is 15.6 Å². The third-order valence-electron chi connectivity index (χ3n) is 6.61. The maximum atomic E-state index is 14.0. The SMILES string of the molecule is Cc1ccc(S(=O)(=O)n2c(-c3ccnc(C(F)(F)F)c3)cc3c(CCc4ccccc4)cn(C)c(=O)c32)cc1. The number of pyridine rings is 2. The monoisotopic (exact) mass is 551 g/mol. The predicted octanol–water partition coefficient (Wildman–Crippen LogP) is 5.75. The van der Waals surface area contributed by atoms with Crippen LogP contribution in [-0.4, -0.2) is 21.9 Å². The molecule has 0 atom stereocenters. The Morgan fingerprint density at radius 3 is 2.28 bits per heavy atom. The lowest BCUT2D eigenvalue weighted by molar-refractivity contribution is -0.141. The van der Waals surface area contributed by atoms with Crippen molar-refractivity contribution in [2.45, 2.75) is 30.8 Å². The van der Waals surface area contributed by atoms with E-state index in [0.717, 1.165) is 27.4 Å². The molecule has 0 bridgehead atoms. The zero-order valence-electron chi connectivity index (χ0n) is 21.1. The molecule has 0 spiro atoms. The van der Waals surface area contributed by atoms with Crippen molar-refractivity contribution in [3.8, 4) is 11.3 Å². The van der Waals surface area contributed by atoms with E-state index in [1.54, 1.807) is 25.3 Å². The van der Waals surface area contributed by atoms with Gasteiger partial charge < -0.3 is 4.57 Å². The molecule has 200 valence electrons. The van der Waals surface area contributed by atoms with Gasteiger partial charge in [0.05, 0.1) is 10.6 Å². The summed E-state index contributed by atoms with van der Waals surface area (Å²) in [5, 5.41) is 0.366. The Balaban J connectivity index is 1.81. The average molecular weight is 552 g/mol. The van der Waals surface area contributed by atoms with E-state index in [2.05, 4.69) is 4.98 Å². The normalized spacial score (nSPS) is 12.2. The van der Waals surface area contributed by atoms with Gasteiger partial charge in [-0.2, -0.15) is 13.2 Å². The lowest BCUT2D eigenvalue weighted by Gasteiger charge is -2.14. The lowest BCUT2D eigenvalue weighted by Crippen LogP contribution is -2.23. The van der Waals surface area contributed by atoms with Crippen LogP contribution < -0.4 is 5.56 Å². The number of aryl methyl sites for hydroxylation is 4. The molecule has 0 amide bonds. The van der Waals surface area contributed by atoms with Gasteiger partial charge >= 0.3 is 6.18 Å². The first-order valence-corrected chi connectivity index (χ1v) is 13.5. The minimum Gasteiger partial charge on any atom is -0.316 e. The largest absolute Gasteiger partial charge is 0.433 e. The van der Waals surface area contributed by atoms with Crippen molar-refractivity contribution in [2.24, 2.45) is 7.05 Å².